The van der Waals surface area contributed by atoms with Crippen LogP contribution in [0.2, 0.25) is 0 Å². The van der Waals surface area contributed by atoms with E-state index in [0.29, 0.717) is 13.2 Å². The van der Waals surface area contributed by atoms with Crippen LogP contribution in [0.5, 0.6) is 11.5 Å². The minimum absolute atomic E-state index is 0.671. The summed E-state index contributed by atoms with van der Waals surface area (Å²) in [5.41, 5.74) is 1.76. The second kappa shape index (κ2) is 6.83. The highest BCUT2D eigenvalue weighted by atomic mass is 16.5. The minimum atomic E-state index is 0.671. The van der Waals surface area contributed by atoms with Crippen LogP contribution in [-0.4, -0.2) is 18.4 Å². The van der Waals surface area contributed by atoms with E-state index in [0.717, 1.165) is 35.6 Å². The molecule has 0 amide bonds. The Balaban J connectivity index is 2.24. The molecule has 4 nitrogen and oxygen atoms in total. The zero-order valence-electron chi connectivity index (χ0n) is 11.4. The van der Waals surface area contributed by atoms with E-state index >= 15 is 0 Å². The molecule has 0 spiro atoms. The van der Waals surface area contributed by atoms with E-state index in [1.807, 2.05) is 24.3 Å². The molecule has 0 bridgehead atoms. The fraction of sp³-hybridized carbons (Fsp3) is 0.400. The Morgan fingerprint density at radius 1 is 1.00 bits per heavy atom. The Labute approximate surface area is 113 Å². The Kier molecular flexibility index (Phi) is 4.84. The number of rotatable bonds is 7. The second-order valence-corrected chi connectivity index (χ2v) is 4.24. The second-order valence-electron chi connectivity index (χ2n) is 4.24. The van der Waals surface area contributed by atoms with Gasteiger partial charge in [-0.05, 0) is 31.0 Å². The van der Waals surface area contributed by atoms with E-state index in [2.05, 4.69) is 19.0 Å². The molecule has 2 rings (SSSR count). The first-order chi connectivity index (χ1) is 9.35. The first-order valence-electron chi connectivity index (χ1n) is 6.65. The number of benzene rings is 1. The maximum absolute atomic E-state index is 5.74. The molecule has 1 aromatic carbocycles. The van der Waals surface area contributed by atoms with E-state index in [4.69, 9.17) is 14.0 Å². The van der Waals surface area contributed by atoms with Crippen LogP contribution in [0.4, 0.5) is 0 Å². The Morgan fingerprint density at radius 3 is 2.37 bits per heavy atom. The van der Waals surface area contributed by atoms with Gasteiger partial charge in [-0.3, -0.25) is 0 Å². The number of nitrogens with zero attached hydrogens (tertiary/aromatic N) is 1. The van der Waals surface area contributed by atoms with Gasteiger partial charge >= 0.3 is 0 Å². The van der Waals surface area contributed by atoms with Gasteiger partial charge in [0.2, 0.25) is 0 Å². The maximum atomic E-state index is 5.74. The SMILES string of the molecule is CCCOc1ccc(-c2ccon2)cc1OCCC. The molecule has 0 aliphatic heterocycles. The molecule has 0 N–H and O–H groups in total. The summed E-state index contributed by atoms with van der Waals surface area (Å²) in [6, 6.07) is 7.65. The molecule has 1 aromatic heterocycles. The van der Waals surface area contributed by atoms with E-state index in [9.17, 15) is 0 Å². The molecule has 102 valence electrons. The Hall–Kier alpha value is -1.97. The quantitative estimate of drug-likeness (QED) is 0.757. The van der Waals surface area contributed by atoms with Crippen LogP contribution in [0.1, 0.15) is 26.7 Å². The number of hydrogen-bond donors (Lipinski definition) is 0. The first kappa shape index (κ1) is 13.5. The molecule has 1 heterocycles. The van der Waals surface area contributed by atoms with Gasteiger partial charge in [-0.1, -0.05) is 19.0 Å². The highest BCUT2D eigenvalue weighted by Gasteiger charge is 2.09. The Bertz CT molecular complexity index is 494. The van der Waals surface area contributed by atoms with Crippen LogP contribution in [0, 0.1) is 0 Å². The van der Waals surface area contributed by atoms with Crippen molar-refractivity contribution in [2.45, 2.75) is 26.7 Å². The van der Waals surface area contributed by atoms with Gasteiger partial charge in [0.05, 0.1) is 13.2 Å². The third-order valence-corrected chi connectivity index (χ3v) is 2.60. The van der Waals surface area contributed by atoms with Gasteiger partial charge < -0.3 is 14.0 Å². The summed E-state index contributed by atoms with van der Waals surface area (Å²) in [4.78, 5) is 0. The van der Waals surface area contributed by atoms with Crippen LogP contribution >= 0.6 is 0 Å². The summed E-state index contributed by atoms with van der Waals surface area (Å²) in [6.45, 7) is 5.51. The highest BCUT2D eigenvalue weighted by molar-refractivity contribution is 5.63. The van der Waals surface area contributed by atoms with E-state index in [1.54, 1.807) is 6.26 Å². The summed E-state index contributed by atoms with van der Waals surface area (Å²) in [5, 5.41) is 3.93. The maximum Gasteiger partial charge on any atom is 0.161 e. The molecule has 2 aromatic rings. The molecular weight excluding hydrogens is 242 g/mol. The molecule has 0 saturated heterocycles. The molecule has 0 fully saturated rings. The predicted octanol–water partition coefficient (Wildman–Crippen LogP) is 3.92. The predicted molar refractivity (Wildman–Crippen MR) is 73.5 cm³/mol. The van der Waals surface area contributed by atoms with Crippen molar-refractivity contribution < 1.29 is 14.0 Å². The van der Waals surface area contributed by atoms with Crippen molar-refractivity contribution in [2.75, 3.05) is 13.2 Å². The molecule has 0 radical (unpaired) electrons. The molecule has 0 unspecified atom stereocenters. The van der Waals surface area contributed by atoms with Crippen molar-refractivity contribution in [1.29, 1.82) is 0 Å². The fourth-order valence-corrected chi connectivity index (χ4v) is 1.68. The van der Waals surface area contributed by atoms with E-state index < -0.39 is 0 Å². The number of ether oxygens (including phenoxy) is 2. The molecule has 0 aliphatic rings. The van der Waals surface area contributed by atoms with Crippen molar-refractivity contribution in [1.82, 2.24) is 5.16 Å². The zero-order valence-corrected chi connectivity index (χ0v) is 11.4. The van der Waals surface area contributed by atoms with Gasteiger partial charge in [0.15, 0.2) is 11.5 Å². The van der Waals surface area contributed by atoms with Gasteiger partial charge in [-0.25, -0.2) is 0 Å². The zero-order chi connectivity index (χ0) is 13.5. The van der Waals surface area contributed by atoms with Crippen molar-refractivity contribution in [2.24, 2.45) is 0 Å². The van der Waals surface area contributed by atoms with Crippen molar-refractivity contribution in [3.63, 3.8) is 0 Å². The first-order valence-corrected chi connectivity index (χ1v) is 6.65. The smallest absolute Gasteiger partial charge is 0.161 e. The van der Waals surface area contributed by atoms with Gasteiger partial charge in [-0.2, -0.15) is 0 Å². The molecule has 0 saturated carbocycles. The fourth-order valence-electron chi connectivity index (χ4n) is 1.68. The van der Waals surface area contributed by atoms with Crippen molar-refractivity contribution >= 4 is 0 Å². The molecule has 0 aliphatic carbocycles. The lowest BCUT2D eigenvalue weighted by molar-refractivity contribution is 0.268. The monoisotopic (exact) mass is 261 g/mol. The molecule has 19 heavy (non-hydrogen) atoms. The summed E-state index contributed by atoms with van der Waals surface area (Å²) < 4.78 is 16.3. The highest BCUT2D eigenvalue weighted by Crippen LogP contribution is 2.32. The minimum Gasteiger partial charge on any atom is -0.490 e. The lowest BCUT2D eigenvalue weighted by Crippen LogP contribution is -2.01. The summed E-state index contributed by atoms with van der Waals surface area (Å²) in [6.07, 6.45) is 3.49. The third-order valence-electron chi connectivity index (χ3n) is 2.60. The van der Waals surface area contributed by atoms with Gasteiger partial charge in [0.25, 0.3) is 0 Å². The van der Waals surface area contributed by atoms with Gasteiger partial charge in [0.1, 0.15) is 12.0 Å². The number of aromatic nitrogens is 1. The van der Waals surface area contributed by atoms with Gasteiger partial charge in [0, 0.05) is 11.6 Å². The van der Waals surface area contributed by atoms with E-state index in [1.165, 1.54) is 0 Å². The molecular formula is C15H19NO3. The van der Waals surface area contributed by atoms with Crippen LogP contribution in [-0.2, 0) is 0 Å². The summed E-state index contributed by atoms with van der Waals surface area (Å²) in [7, 11) is 0. The van der Waals surface area contributed by atoms with Crippen LogP contribution in [0.25, 0.3) is 11.3 Å². The van der Waals surface area contributed by atoms with Crippen LogP contribution in [0.3, 0.4) is 0 Å². The average Bonchev–Trinajstić information content (AvgIpc) is 2.97. The summed E-state index contributed by atoms with van der Waals surface area (Å²) in [5.74, 6) is 1.54. The summed E-state index contributed by atoms with van der Waals surface area (Å²) >= 11 is 0. The number of hydrogen-bond acceptors (Lipinski definition) is 4. The van der Waals surface area contributed by atoms with Crippen molar-refractivity contribution in [3.8, 4) is 22.8 Å². The topological polar surface area (TPSA) is 44.5 Å². The van der Waals surface area contributed by atoms with Gasteiger partial charge in [-0.15, -0.1) is 0 Å². The van der Waals surface area contributed by atoms with E-state index in [-0.39, 0.29) is 0 Å². The van der Waals surface area contributed by atoms with Crippen LogP contribution in [0.15, 0.2) is 35.1 Å². The molecule has 0 atom stereocenters. The van der Waals surface area contributed by atoms with Crippen LogP contribution < -0.4 is 9.47 Å². The standard InChI is InChI=1S/C15H19NO3/c1-3-8-17-14-6-5-12(13-7-10-19-16-13)11-15(14)18-9-4-2/h5-7,10-11H,3-4,8-9H2,1-2H3. The lowest BCUT2D eigenvalue weighted by Gasteiger charge is -2.12. The third kappa shape index (κ3) is 3.50. The average molecular weight is 261 g/mol. The Morgan fingerprint density at radius 2 is 1.74 bits per heavy atom. The lowest BCUT2D eigenvalue weighted by atomic mass is 10.1. The van der Waals surface area contributed by atoms with Crippen molar-refractivity contribution in [3.05, 3.63) is 30.5 Å². The normalized spacial score (nSPS) is 10.4. The molecule has 4 heteroatoms. The largest absolute Gasteiger partial charge is 0.490 e.